The predicted molar refractivity (Wildman–Crippen MR) is 120 cm³/mol. The van der Waals surface area contributed by atoms with Crippen molar-refractivity contribution in [3.05, 3.63) is 89.5 Å². The number of anilines is 1. The highest BCUT2D eigenvalue weighted by atomic mass is 16.5. The van der Waals surface area contributed by atoms with Crippen LogP contribution in [0.15, 0.2) is 72.8 Å². The number of rotatable bonds is 6. The number of hydrogen-bond donors (Lipinski definition) is 2. The molecule has 0 aliphatic rings. The molecular weight excluding hydrogens is 394 g/mol. The second kappa shape index (κ2) is 11.3. The number of ether oxygens (including phenoxy) is 1. The van der Waals surface area contributed by atoms with Gasteiger partial charge in [-0.2, -0.15) is 0 Å². The summed E-state index contributed by atoms with van der Waals surface area (Å²) in [7, 11) is 0. The Balaban J connectivity index is 0.000000785. The second-order valence-electron chi connectivity index (χ2n) is 6.84. The van der Waals surface area contributed by atoms with Crippen LogP contribution in [0.2, 0.25) is 0 Å². The molecule has 0 aromatic heterocycles. The third kappa shape index (κ3) is 7.44. The quantitative estimate of drug-likeness (QED) is 0.543. The van der Waals surface area contributed by atoms with Crippen molar-refractivity contribution in [2.24, 2.45) is 0 Å². The Morgan fingerprint density at radius 1 is 0.806 bits per heavy atom. The Bertz CT molecular complexity index is 1040. The molecule has 6 nitrogen and oxygen atoms in total. The molecule has 0 heterocycles. The zero-order valence-corrected chi connectivity index (χ0v) is 17.7. The molecule has 0 saturated heterocycles. The van der Waals surface area contributed by atoms with E-state index in [4.69, 9.17) is 4.74 Å². The maximum Gasteiger partial charge on any atom is 0.336 e. The number of benzene rings is 3. The topological polar surface area (TPSA) is 92.7 Å². The van der Waals surface area contributed by atoms with Gasteiger partial charge in [-0.1, -0.05) is 31.2 Å². The summed E-state index contributed by atoms with van der Waals surface area (Å²) in [6, 6.07) is 20.9. The molecular formula is C25H25NO5. The standard InChI is InChI=1S/C22H19NO4.C3H6O/c1-2-15-7-11-17(12-8-15)27-18-13-9-16(10-14-18)23-21(24)19-5-3-4-6-20(19)22(25)26;1-3(2)4/h3-14H,2H2,1H3,(H,23,24)(H,25,26);1-2H3. The van der Waals surface area contributed by atoms with Crippen LogP contribution < -0.4 is 10.1 Å². The average Bonchev–Trinajstić information content (AvgIpc) is 2.75. The minimum absolute atomic E-state index is 0.0366. The first-order valence-electron chi connectivity index (χ1n) is 9.77. The van der Waals surface area contributed by atoms with E-state index in [-0.39, 0.29) is 16.9 Å². The maximum atomic E-state index is 12.4. The molecule has 0 saturated carbocycles. The van der Waals surface area contributed by atoms with Crippen molar-refractivity contribution in [1.29, 1.82) is 0 Å². The summed E-state index contributed by atoms with van der Waals surface area (Å²) < 4.78 is 5.78. The number of ketones is 1. The summed E-state index contributed by atoms with van der Waals surface area (Å²) in [6.45, 7) is 5.15. The lowest BCUT2D eigenvalue weighted by Crippen LogP contribution is -2.16. The van der Waals surface area contributed by atoms with Gasteiger partial charge in [0.2, 0.25) is 0 Å². The number of amides is 1. The number of carboxylic acids is 1. The van der Waals surface area contributed by atoms with Crippen LogP contribution in [-0.4, -0.2) is 22.8 Å². The van der Waals surface area contributed by atoms with E-state index in [0.29, 0.717) is 11.4 Å². The third-order valence-electron chi connectivity index (χ3n) is 4.08. The predicted octanol–water partition coefficient (Wildman–Crippen LogP) is 5.59. The number of carbonyl (C=O) groups is 3. The Morgan fingerprint density at radius 2 is 1.29 bits per heavy atom. The number of hydrogen-bond acceptors (Lipinski definition) is 4. The van der Waals surface area contributed by atoms with E-state index in [0.717, 1.165) is 12.2 Å². The van der Waals surface area contributed by atoms with Crippen molar-refractivity contribution in [3.8, 4) is 11.5 Å². The SMILES string of the molecule is CC(C)=O.CCc1ccc(Oc2ccc(NC(=O)c3ccccc3C(=O)O)cc2)cc1. The van der Waals surface area contributed by atoms with Crippen LogP contribution in [0.4, 0.5) is 5.69 Å². The van der Waals surface area contributed by atoms with Gasteiger partial charge in [-0.15, -0.1) is 0 Å². The van der Waals surface area contributed by atoms with Crippen LogP contribution in [0.3, 0.4) is 0 Å². The number of Topliss-reactive ketones (excluding diaryl/α,β-unsaturated/α-hetero) is 1. The molecule has 0 aliphatic carbocycles. The third-order valence-corrected chi connectivity index (χ3v) is 4.08. The minimum atomic E-state index is -1.14. The minimum Gasteiger partial charge on any atom is -0.478 e. The first-order valence-corrected chi connectivity index (χ1v) is 9.77. The lowest BCUT2D eigenvalue weighted by Gasteiger charge is -2.10. The molecule has 2 N–H and O–H groups in total. The van der Waals surface area contributed by atoms with E-state index in [2.05, 4.69) is 12.2 Å². The molecule has 1 amide bonds. The lowest BCUT2D eigenvalue weighted by molar-refractivity contribution is -0.115. The van der Waals surface area contributed by atoms with Gasteiger partial charge in [-0.3, -0.25) is 4.79 Å². The van der Waals surface area contributed by atoms with Gasteiger partial charge in [-0.05, 0) is 74.4 Å². The highest BCUT2D eigenvalue weighted by Crippen LogP contribution is 2.24. The normalized spacial score (nSPS) is 9.77. The van der Waals surface area contributed by atoms with Gasteiger partial charge in [0.15, 0.2) is 0 Å². The van der Waals surface area contributed by atoms with Crippen LogP contribution in [0.5, 0.6) is 11.5 Å². The number of aromatic carboxylic acids is 1. The summed E-state index contributed by atoms with van der Waals surface area (Å²) >= 11 is 0. The monoisotopic (exact) mass is 419 g/mol. The van der Waals surface area contributed by atoms with E-state index in [1.54, 1.807) is 36.4 Å². The van der Waals surface area contributed by atoms with Crippen molar-refractivity contribution in [1.82, 2.24) is 0 Å². The highest BCUT2D eigenvalue weighted by Gasteiger charge is 2.15. The van der Waals surface area contributed by atoms with Crippen molar-refractivity contribution >= 4 is 23.3 Å². The van der Waals surface area contributed by atoms with Crippen molar-refractivity contribution < 1.29 is 24.2 Å². The van der Waals surface area contributed by atoms with Gasteiger partial charge in [0.1, 0.15) is 17.3 Å². The summed E-state index contributed by atoms with van der Waals surface area (Å²) in [6.07, 6.45) is 0.972. The largest absolute Gasteiger partial charge is 0.478 e. The van der Waals surface area contributed by atoms with E-state index in [1.807, 2.05) is 24.3 Å². The molecule has 3 aromatic rings. The van der Waals surface area contributed by atoms with Gasteiger partial charge in [-0.25, -0.2) is 4.79 Å². The Morgan fingerprint density at radius 3 is 1.77 bits per heavy atom. The van der Waals surface area contributed by atoms with Crippen molar-refractivity contribution in [3.63, 3.8) is 0 Å². The van der Waals surface area contributed by atoms with Crippen molar-refractivity contribution in [2.45, 2.75) is 27.2 Å². The lowest BCUT2D eigenvalue weighted by atomic mass is 10.1. The molecule has 3 aromatic carbocycles. The molecule has 3 rings (SSSR count). The smallest absolute Gasteiger partial charge is 0.336 e. The van der Waals surface area contributed by atoms with Crippen LogP contribution in [-0.2, 0) is 11.2 Å². The Hall–Kier alpha value is -3.93. The highest BCUT2D eigenvalue weighted by molar-refractivity contribution is 6.10. The van der Waals surface area contributed by atoms with E-state index in [9.17, 15) is 19.5 Å². The molecule has 31 heavy (non-hydrogen) atoms. The molecule has 160 valence electrons. The summed E-state index contributed by atoms with van der Waals surface area (Å²) in [5.74, 6) is -0.0713. The van der Waals surface area contributed by atoms with E-state index in [1.165, 1.54) is 31.5 Å². The molecule has 0 fully saturated rings. The molecule has 0 aliphatic heterocycles. The average molecular weight is 419 g/mol. The summed E-state index contributed by atoms with van der Waals surface area (Å²) in [5.41, 5.74) is 1.86. The molecule has 6 heteroatoms. The molecule has 0 bridgehead atoms. The zero-order chi connectivity index (χ0) is 22.8. The van der Waals surface area contributed by atoms with Crippen molar-refractivity contribution in [2.75, 3.05) is 5.32 Å². The number of carboxylic acid groups (broad SMARTS) is 1. The molecule has 0 spiro atoms. The fraction of sp³-hybridized carbons (Fsp3) is 0.160. The zero-order valence-electron chi connectivity index (χ0n) is 17.7. The maximum absolute atomic E-state index is 12.4. The summed E-state index contributed by atoms with van der Waals surface area (Å²) in [5, 5.41) is 11.9. The van der Waals surface area contributed by atoms with Crippen LogP contribution in [0, 0.1) is 0 Å². The number of nitrogens with one attached hydrogen (secondary N) is 1. The van der Waals surface area contributed by atoms with Crippen LogP contribution >= 0.6 is 0 Å². The van der Waals surface area contributed by atoms with Gasteiger partial charge >= 0.3 is 5.97 Å². The number of carbonyl (C=O) groups excluding carboxylic acids is 2. The van der Waals surface area contributed by atoms with Gasteiger partial charge in [0, 0.05) is 5.69 Å². The molecule has 0 radical (unpaired) electrons. The first kappa shape index (κ1) is 23.3. The fourth-order valence-corrected chi connectivity index (χ4v) is 2.60. The summed E-state index contributed by atoms with van der Waals surface area (Å²) in [4.78, 5) is 33.1. The van der Waals surface area contributed by atoms with E-state index < -0.39 is 11.9 Å². The van der Waals surface area contributed by atoms with Crippen LogP contribution in [0.25, 0.3) is 0 Å². The Kier molecular flexibility index (Phi) is 8.52. The fourth-order valence-electron chi connectivity index (χ4n) is 2.60. The van der Waals surface area contributed by atoms with Gasteiger partial charge in [0.05, 0.1) is 11.1 Å². The molecule has 0 atom stereocenters. The molecule has 0 unspecified atom stereocenters. The van der Waals surface area contributed by atoms with E-state index >= 15 is 0 Å². The van der Waals surface area contributed by atoms with Gasteiger partial charge < -0.3 is 20.0 Å². The number of aryl methyl sites for hydroxylation is 1. The van der Waals surface area contributed by atoms with Gasteiger partial charge in [0.25, 0.3) is 5.91 Å². The Labute approximate surface area is 181 Å². The first-order chi connectivity index (χ1) is 14.8. The van der Waals surface area contributed by atoms with Crippen LogP contribution in [0.1, 0.15) is 47.1 Å². The second-order valence-corrected chi connectivity index (χ2v) is 6.84.